The van der Waals surface area contributed by atoms with E-state index in [-0.39, 0.29) is 6.09 Å². The van der Waals surface area contributed by atoms with Crippen molar-refractivity contribution in [2.24, 2.45) is 24.8 Å². The number of rotatable bonds is 4. The molecule has 2 heterocycles. The van der Waals surface area contributed by atoms with Crippen LogP contribution in [-0.4, -0.2) is 40.8 Å². The summed E-state index contributed by atoms with van der Waals surface area (Å²) in [6.45, 7) is 10.7. The highest BCUT2D eigenvalue weighted by Crippen LogP contribution is 2.51. The molecule has 128 valence electrons. The molecule has 1 aliphatic carbocycles. The van der Waals surface area contributed by atoms with Gasteiger partial charge in [-0.1, -0.05) is 0 Å². The summed E-state index contributed by atoms with van der Waals surface area (Å²) in [7, 11) is 2.05. The SMILES string of the molecule is CC(NCC1[C@H]2CN(C(=O)OC(C)(C)C)C[C@@H]12)c1ccn(C)c1. The second-order valence-corrected chi connectivity index (χ2v) is 8.12. The second-order valence-electron chi connectivity index (χ2n) is 8.12. The second kappa shape index (κ2) is 5.86. The lowest BCUT2D eigenvalue weighted by Crippen LogP contribution is -2.37. The summed E-state index contributed by atoms with van der Waals surface area (Å²) < 4.78 is 7.53. The molecule has 5 heteroatoms. The Morgan fingerprint density at radius 2 is 2.04 bits per heavy atom. The number of ether oxygens (including phenoxy) is 1. The normalized spacial score (nSPS) is 27.7. The topological polar surface area (TPSA) is 46.5 Å². The van der Waals surface area contributed by atoms with E-state index in [4.69, 9.17) is 4.74 Å². The number of nitrogens with zero attached hydrogens (tertiary/aromatic N) is 2. The first-order valence-corrected chi connectivity index (χ1v) is 8.58. The van der Waals surface area contributed by atoms with Crippen LogP contribution in [0.3, 0.4) is 0 Å². The summed E-state index contributed by atoms with van der Waals surface area (Å²) in [5.41, 5.74) is 0.921. The number of aryl methyl sites for hydroxylation is 1. The van der Waals surface area contributed by atoms with Crippen molar-refractivity contribution >= 4 is 6.09 Å². The standard InChI is InChI=1S/C18H29N3O2/c1-12(13-6-7-20(5)9-13)19-8-14-15-10-21(11-16(14)15)17(22)23-18(2,3)4/h6-7,9,12,14-16,19H,8,10-11H2,1-5H3/t12?,14?,15-,16+. The van der Waals surface area contributed by atoms with Gasteiger partial charge in [-0.05, 0) is 63.6 Å². The van der Waals surface area contributed by atoms with Crippen LogP contribution in [0.25, 0.3) is 0 Å². The molecule has 1 N–H and O–H groups in total. The number of likely N-dealkylation sites (tertiary alicyclic amines) is 1. The molecule has 1 saturated heterocycles. The highest BCUT2D eigenvalue weighted by atomic mass is 16.6. The zero-order chi connectivity index (χ0) is 16.8. The maximum absolute atomic E-state index is 12.1. The predicted molar refractivity (Wildman–Crippen MR) is 90.1 cm³/mol. The lowest BCUT2D eigenvalue weighted by Gasteiger charge is -2.26. The number of piperidine rings is 1. The number of fused-ring (bicyclic) bond motifs is 1. The van der Waals surface area contributed by atoms with Gasteiger partial charge in [0.05, 0.1) is 0 Å². The van der Waals surface area contributed by atoms with Crippen molar-refractivity contribution in [1.29, 1.82) is 0 Å². The molecule has 1 saturated carbocycles. The Morgan fingerprint density at radius 3 is 2.57 bits per heavy atom. The van der Waals surface area contributed by atoms with E-state index in [1.165, 1.54) is 5.56 Å². The van der Waals surface area contributed by atoms with Crippen molar-refractivity contribution in [3.63, 3.8) is 0 Å². The van der Waals surface area contributed by atoms with Crippen molar-refractivity contribution in [3.8, 4) is 0 Å². The Labute approximate surface area is 139 Å². The molecule has 1 aromatic rings. The lowest BCUT2D eigenvalue weighted by molar-refractivity contribution is 0.0265. The van der Waals surface area contributed by atoms with Crippen molar-refractivity contribution < 1.29 is 9.53 Å². The minimum absolute atomic E-state index is 0.158. The van der Waals surface area contributed by atoms with Crippen LogP contribution in [-0.2, 0) is 11.8 Å². The van der Waals surface area contributed by atoms with Crippen LogP contribution in [0.5, 0.6) is 0 Å². The largest absolute Gasteiger partial charge is 0.444 e. The smallest absolute Gasteiger partial charge is 0.410 e. The van der Waals surface area contributed by atoms with Crippen LogP contribution in [0.2, 0.25) is 0 Å². The minimum Gasteiger partial charge on any atom is -0.444 e. The van der Waals surface area contributed by atoms with Crippen molar-refractivity contribution in [3.05, 3.63) is 24.0 Å². The quantitative estimate of drug-likeness (QED) is 0.928. The van der Waals surface area contributed by atoms with Gasteiger partial charge in [0.15, 0.2) is 0 Å². The predicted octanol–water partition coefficient (Wildman–Crippen LogP) is 2.79. The number of carbonyl (C=O) groups is 1. The highest BCUT2D eigenvalue weighted by molar-refractivity contribution is 5.69. The molecular weight excluding hydrogens is 290 g/mol. The third-order valence-corrected chi connectivity index (χ3v) is 5.04. The molecule has 0 bridgehead atoms. The molecule has 5 nitrogen and oxygen atoms in total. The molecule has 1 amide bonds. The molecule has 0 radical (unpaired) electrons. The average molecular weight is 319 g/mol. The van der Waals surface area contributed by atoms with Crippen LogP contribution in [0, 0.1) is 17.8 Å². The molecule has 23 heavy (non-hydrogen) atoms. The fraction of sp³-hybridized carbons (Fsp3) is 0.722. The van der Waals surface area contributed by atoms with Crippen molar-refractivity contribution in [2.45, 2.75) is 39.3 Å². The number of aromatic nitrogens is 1. The molecule has 3 rings (SSSR count). The van der Waals surface area contributed by atoms with E-state index in [9.17, 15) is 4.79 Å². The average Bonchev–Trinajstić information content (AvgIpc) is 2.82. The van der Waals surface area contributed by atoms with Gasteiger partial charge in [-0.15, -0.1) is 0 Å². The zero-order valence-electron chi connectivity index (χ0n) is 14.9. The molecule has 2 unspecified atom stereocenters. The summed E-state index contributed by atoms with van der Waals surface area (Å²) in [6.07, 6.45) is 4.09. The number of nitrogens with one attached hydrogen (secondary N) is 1. The Kier molecular flexibility index (Phi) is 4.17. The summed E-state index contributed by atoms with van der Waals surface area (Å²) in [6, 6.07) is 2.54. The number of carbonyl (C=O) groups excluding carboxylic acids is 1. The first kappa shape index (κ1) is 16.4. The van der Waals surface area contributed by atoms with Gasteiger partial charge in [-0.3, -0.25) is 0 Å². The van der Waals surface area contributed by atoms with E-state index >= 15 is 0 Å². The molecule has 0 spiro atoms. The van der Waals surface area contributed by atoms with Crippen LogP contribution in [0.4, 0.5) is 4.79 Å². The molecule has 1 aliphatic heterocycles. The summed E-state index contributed by atoms with van der Waals surface area (Å²) in [5.74, 6) is 2.01. The van der Waals surface area contributed by atoms with Gasteiger partial charge in [0, 0.05) is 38.6 Å². The highest BCUT2D eigenvalue weighted by Gasteiger charge is 2.56. The summed E-state index contributed by atoms with van der Waals surface area (Å²) in [4.78, 5) is 13.9. The number of amides is 1. The zero-order valence-corrected chi connectivity index (χ0v) is 14.9. The van der Waals surface area contributed by atoms with Crippen LogP contribution < -0.4 is 5.32 Å². The van der Waals surface area contributed by atoms with E-state index in [1.54, 1.807) is 0 Å². The van der Waals surface area contributed by atoms with E-state index in [2.05, 4.69) is 35.3 Å². The van der Waals surface area contributed by atoms with Gasteiger partial charge in [-0.25, -0.2) is 4.79 Å². The first-order chi connectivity index (χ1) is 10.7. The summed E-state index contributed by atoms with van der Waals surface area (Å²) in [5, 5.41) is 3.64. The van der Waals surface area contributed by atoms with Crippen LogP contribution >= 0.6 is 0 Å². The monoisotopic (exact) mass is 319 g/mol. The fourth-order valence-corrected chi connectivity index (χ4v) is 3.64. The van der Waals surface area contributed by atoms with Gasteiger partial charge in [0.1, 0.15) is 5.60 Å². The van der Waals surface area contributed by atoms with E-state index in [0.717, 1.165) is 19.6 Å². The third kappa shape index (κ3) is 3.71. The Morgan fingerprint density at radius 1 is 1.39 bits per heavy atom. The molecule has 2 fully saturated rings. The van der Waals surface area contributed by atoms with Crippen molar-refractivity contribution in [2.75, 3.05) is 19.6 Å². The Balaban J connectivity index is 1.41. The van der Waals surface area contributed by atoms with E-state index < -0.39 is 5.60 Å². The molecule has 4 atom stereocenters. The molecule has 2 aliphatic rings. The van der Waals surface area contributed by atoms with E-state index in [0.29, 0.717) is 23.8 Å². The first-order valence-electron chi connectivity index (χ1n) is 8.58. The Hall–Kier alpha value is -1.49. The van der Waals surface area contributed by atoms with Crippen LogP contribution in [0.1, 0.15) is 39.3 Å². The maximum Gasteiger partial charge on any atom is 0.410 e. The van der Waals surface area contributed by atoms with Gasteiger partial charge in [-0.2, -0.15) is 0 Å². The molecule has 0 aromatic carbocycles. The van der Waals surface area contributed by atoms with Gasteiger partial charge < -0.3 is 19.5 Å². The fourth-order valence-electron chi connectivity index (χ4n) is 3.64. The maximum atomic E-state index is 12.1. The minimum atomic E-state index is -0.407. The van der Waals surface area contributed by atoms with Crippen LogP contribution in [0.15, 0.2) is 18.5 Å². The number of hydrogen-bond acceptors (Lipinski definition) is 3. The molecular formula is C18H29N3O2. The summed E-state index contributed by atoms with van der Waals surface area (Å²) >= 11 is 0. The Bertz CT molecular complexity index is 563. The number of hydrogen-bond donors (Lipinski definition) is 1. The van der Waals surface area contributed by atoms with Gasteiger partial charge >= 0.3 is 6.09 Å². The lowest BCUT2D eigenvalue weighted by atomic mass is 10.1. The van der Waals surface area contributed by atoms with Gasteiger partial charge in [0.25, 0.3) is 0 Å². The van der Waals surface area contributed by atoms with Gasteiger partial charge in [0.2, 0.25) is 0 Å². The third-order valence-electron chi connectivity index (χ3n) is 5.04. The van der Waals surface area contributed by atoms with E-state index in [1.807, 2.05) is 32.7 Å². The van der Waals surface area contributed by atoms with Crippen molar-refractivity contribution in [1.82, 2.24) is 14.8 Å². The molecule has 1 aromatic heterocycles.